The highest BCUT2D eigenvalue weighted by Gasteiger charge is 2.02. The molecule has 0 atom stereocenters. The van der Waals surface area contributed by atoms with E-state index in [1.165, 1.54) is 17.7 Å². The first-order valence-corrected chi connectivity index (χ1v) is 5.92. The van der Waals surface area contributed by atoms with Crippen LogP contribution in [0.1, 0.15) is 21.5 Å². The summed E-state index contributed by atoms with van der Waals surface area (Å²) in [5.74, 6) is -0.962. The Kier molecular flexibility index (Phi) is 4.03. The van der Waals surface area contributed by atoms with Crippen molar-refractivity contribution in [2.45, 2.75) is 13.5 Å². The maximum absolute atomic E-state index is 10.8. The van der Waals surface area contributed by atoms with Crippen LogP contribution in [0.3, 0.4) is 0 Å². The Bertz CT molecular complexity index is 621. The Morgan fingerprint density at radius 2 is 1.95 bits per heavy atom. The van der Waals surface area contributed by atoms with E-state index in [0.29, 0.717) is 12.2 Å². The highest BCUT2D eigenvalue weighted by Crippen LogP contribution is 2.16. The molecule has 0 saturated carbocycles. The minimum atomic E-state index is -0.962. The van der Waals surface area contributed by atoms with Gasteiger partial charge in [0.2, 0.25) is 0 Å². The first-order chi connectivity index (χ1) is 9.16. The molecule has 0 heterocycles. The molecule has 2 rings (SSSR count). The van der Waals surface area contributed by atoms with Crippen molar-refractivity contribution in [1.29, 1.82) is 0 Å². The van der Waals surface area contributed by atoms with Crippen molar-refractivity contribution < 1.29 is 9.90 Å². The van der Waals surface area contributed by atoms with Crippen LogP contribution in [0.15, 0.2) is 58.8 Å². The third-order valence-electron chi connectivity index (χ3n) is 2.78. The number of carboxylic acid groups (broad SMARTS) is 1. The summed E-state index contributed by atoms with van der Waals surface area (Å²) in [7, 11) is 0. The summed E-state index contributed by atoms with van der Waals surface area (Å²) in [5, 5.41) is 17.0. The first kappa shape index (κ1) is 13.0. The van der Waals surface area contributed by atoms with E-state index in [9.17, 15) is 4.79 Å². The summed E-state index contributed by atoms with van der Waals surface area (Å²) >= 11 is 0. The molecule has 1 N–H and O–H groups in total. The molecule has 0 fully saturated rings. The first-order valence-electron chi connectivity index (χ1n) is 5.92. The average Bonchev–Trinajstić information content (AvgIpc) is 2.41. The molecule has 4 nitrogen and oxygen atoms in total. The average molecular weight is 254 g/mol. The van der Waals surface area contributed by atoms with Crippen LogP contribution in [0.5, 0.6) is 0 Å². The van der Waals surface area contributed by atoms with E-state index in [1.807, 2.05) is 31.2 Å². The SMILES string of the molecule is Cc1ccccc1CN=Nc1cccc(C(=O)O)c1. The molecule has 0 aliphatic rings. The molecule has 2 aromatic carbocycles. The zero-order valence-electron chi connectivity index (χ0n) is 10.6. The molecule has 0 spiro atoms. The van der Waals surface area contributed by atoms with Crippen molar-refractivity contribution in [3.8, 4) is 0 Å². The second-order valence-corrected chi connectivity index (χ2v) is 4.18. The number of carboxylic acids is 1. The van der Waals surface area contributed by atoms with Gasteiger partial charge in [0, 0.05) is 0 Å². The molecule has 0 bridgehead atoms. The Hall–Kier alpha value is -2.49. The maximum atomic E-state index is 10.8. The molecule has 0 unspecified atom stereocenters. The minimum absolute atomic E-state index is 0.215. The van der Waals surface area contributed by atoms with Crippen LogP contribution in [0.2, 0.25) is 0 Å². The van der Waals surface area contributed by atoms with E-state index >= 15 is 0 Å². The third-order valence-corrected chi connectivity index (χ3v) is 2.78. The summed E-state index contributed by atoms with van der Waals surface area (Å²) in [4.78, 5) is 10.8. The number of carbonyl (C=O) groups is 1. The molecule has 4 heteroatoms. The quantitative estimate of drug-likeness (QED) is 0.839. The van der Waals surface area contributed by atoms with Gasteiger partial charge in [-0.15, -0.1) is 0 Å². The minimum Gasteiger partial charge on any atom is -0.478 e. The Morgan fingerprint density at radius 1 is 1.16 bits per heavy atom. The fraction of sp³-hybridized carbons (Fsp3) is 0.133. The van der Waals surface area contributed by atoms with Gasteiger partial charge in [0.15, 0.2) is 0 Å². The summed E-state index contributed by atoms with van der Waals surface area (Å²) in [6.45, 7) is 2.51. The second kappa shape index (κ2) is 5.91. The summed E-state index contributed by atoms with van der Waals surface area (Å²) in [6, 6.07) is 14.4. The zero-order chi connectivity index (χ0) is 13.7. The molecule has 96 valence electrons. The predicted molar refractivity (Wildman–Crippen MR) is 72.8 cm³/mol. The number of azo groups is 1. The van der Waals surface area contributed by atoms with E-state index in [4.69, 9.17) is 5.11 Å². The second-order valence-electron chi connectivity index (χ2n) is 4.18. The van der Waals surface area contributed by atoms with Crippen molar-refractivity contribution in [3.05, 3.63) is 65.2 Å². The van der Waals surface area contributed by atoms with Gasteiger partial charge in [-0.05, 0) is 36.2 Å². The molecule has 0 saturated heterocycles. The van der Waals surface area contributed by atoms with Gasteiger partial charge in [0.1, 0.15) is 0 Å². The monoisotopic (exact) mass is 254 g/mol. The molecule has 0 amide bonds. The number of aryl methyl sites for hydroxylation is 1. The van der Waals surface area contributed by atoms with Crippen LogP contribution in [0.25, 0.3) is 0 Å². The van der Waals surface area contributed by atoms with Crippen LogP contribution >= 0.6 is 0 Å². The fourth-order valence-corrected chi connectivity index (χ4v) is 1.68. The van der Waals surface area contributed by atoms with Crippen LogP contribution in [-0.4, -0.2) is 11.1 Å². The summed E-state index contributed by atoms with van der Waals surface area (Å²) < 4.78 is 0. The lowest BCUT2D eigenvalue weighted by Gasteiger charge is -2.00. The molecule has 2 aromatic rings. The number of benzene rings is 2. The van der Waals surface area contributed by atoms with Crippen LogP contribution < -0.4 is 0 Å². The Labute approximate surface area is 111 Å². The van der Waals surface area contributed by atoms with E-state index in [0.717, 1.165) is 5.56 Å². The largest absolute Gasteiger partial charge is 0.478 e. The van der Waals surface area contributed by atoms with Crippen LogP contribution in [0.4, 0.5) is 5.69 Å². The normalized spacial score (nSPS) is 10.8. The third kappa shape index (κ3) is 3.48. The van der Waals surface area contributed by atoms with Gasteiger partial charge in [0.05, 0.1) is 17.8 Å². The Morgan fingerprint density at radius 3 is 2.68 bits per heavy atom. The van der Waals surface area contributed by atoms with Crippen molar-refractivity contribution in [1.82, 2.24) is 0 Å². The fourth-order valence-electron chi connectivity index (χ4n) is 1.68. The number of hydrogen-bond donors (Lipinski definition) is 1. The predicted octanol–water partition coefficient (Wildman–Crippen LogP) is 3.98. The molecular formula is C15H14N2O2. The molecule has 0 aromatic heterocycles. The smallest absolute Gasteiger partial charge is 0.335 e. The van der Waals surface area contributed by atoms with Gasteiger partial charge < -0.3 is 5.11 Å². The molecule has 0 radical (unpaired) electrons. The summed E-state index contributed by atoms with van der Waals surface area (Å²) in [5.41, 5.74) is 3.04. The van der Waals surface area contributed by atoms with E-state index in [2.05, 4.69) is 10.2 Å². The highest BCUT2D eigenvalue weighted by atomic mass is 16.4. The van der Waals surface area contributed by atoms with E-state index < -0.39 is 5.97 Å². The molecule has 0 aliphatic heterocycles. The van der Waals surface area contributed by atoms with Crippen molar-refractivity contribution >= 4 is 11.7 Å². The number of aromatic carboxylic acids is 1. The lowest BCUT2D eigenvalue weighted by molar-refractivity contribution is 0.0697. The zero-order valence-corrected chi connectivity index (χ0v) is 10.6. The van der Waals surface area contributed by atoms with Crippen LogP contribution in [0, 0.1) is 6.92 Å². The summed E-state index contributed by atoms with van der Waals surface area (Å²) in [6.07, 6.45) is 0. The lowest BCUT2D eigenvalue weighted by atomic mass is 10.1. The van der Waals surface area contributed by atoms with Crippen molar-refractivity contribution in [2.24, 2.45) is 10.2 Å². The van der Waals surface area contributed by atoms with Gasteiger partial charge in [-0.1, -0.05) is 30.3 Å². The highest BCUT2D eigenvalue weighted by molar-refractivity contribution is 5.88. The van der Waals surface area contributed by atoms with Crippen LogP contribution in [-0.2, 0) is 6.54 Å². The number of rotatable bonds is 4. The standard InChI is InChI=1S/C15H14N2O2/c1-11-5-2-3-6-13(11)10-16-17-14-8-4-7-12(9-14)15(18)19/h2-9H,10H2,1H3,(H,18,19). The Balaban J connectivity index is 2.09. The van der Waals surface area contributed by atoms with Gasteiger partial charge >= 0.3 is 5.97 Å². The van der Waals surface area contributed by atoms with E-state index in [1.54, 1.807) is 12.1 Å². The topological polar surface area (TPSA) is 62.0 Å². The van der Waals surface area contributed by atoms with E-state index in [-0.39, 0.29) is 5.56 Å². The lowest BCUT2D eigenvalue weighted by Crippen LogP contribution is -1.94. The van der Waals surface area contributed by atoms with Gasteiger partial charge in [0.25, 0.3) is 0 Å². The maximum Gasteiger partial charge on any atom is 0.335 e. The number of nitrogens with zero attached hydrogens (tertiary/aromatic N) is 2. The van der Waals surface area contributed by atoms with Gasteiger partial charge in [-0.3, -0.25) is 0 Å². The van der Waals surface area contributed by atoms with Crippen molar-refractivity contribution in [3.63, 3.8) is 0 Å². The van der Waals surface area contributed by atoms with Gasteiger partial charge in [-0.25, -0.2) is 4.79 Å². The number of hydrogen-bond acceptors (Lipinski definition) is 3. The molecule has 0 aliphatic carbocycles. The van der Waals surface area contributed by atoms with Gasteiger partial charge in [-0.2, -0.15) is 10.2 Å². The molecular weight excluding hydrogens is 240 g/mol. The molecule has 19 heavy (non-hydrogen) atoms. The van der Waals surface area contributed by atoms with Crippen molar-refractivity contribution in [2.75, 3.05) is 0 Å².